The minimum absolute atomic E-state index is 0.710. The van der Waals surface area contributed by atoms with Crippen molar-refractivity contribution < 1.29 is 0 Å². The number of aryl methyl sites for hydroxylation is 1. The summed E-state index contributed by atoms with van der Waals surface area (Å²) in [6, 6.07) is 16.6. The van der Waals surface area contributed by atoms with Crippen LogP contribution < -0.4 is 0 Å². The van der Waals surface area contributed by atoms with Crippen LogP contribution in [0, 0.1) is 11.3 Å². The molecule has 0 aliphatic carbocycles. The number of nitrogens with zero attached hydrogens (tertiary/aromatic N) is 1. The van der Waals surface area contributed by atoms with Crippen LogP contribution in [-0.4, -0.2) is 0 Å². The van der Waals surface area contributed by atoms with E-state index in [9.17, 15) is 5.26 Å². The van der Waals surface area contributed by atoms with Crippen molar-refractivity contribution in [2.45, 2.75) is 33.6 Å². The van der Waals surface area contributed by atoms with E-state index in [2.05, 4.69) is 90.5 Å². The molecule has 0 amide bonds. The van der Waals surface area contributed by atoms with E-state index >= 15 is 0 Å². The van der Waals surface area contributed by atoms with Gasteiger partial charge in [-0.25, -0.2) is 0 Å². The van der Waals surface area contributed by atoms with Crippen molar-refractivity contribution in [1.82, 2.24) is 0 Å². The maximum atomic E-state index is 9.28. The molecule has 0 fully saturated rings. The molecule has 0 aromatic heterocycles. The Labute approximate surface area is 165 Å². The minimum Gasteiger partial charge on any atom is -0.192 e. The van der Waals surface area contributed by atoms with Crippen molar-refractivity contribution in [2.24, 2.45) is 0 Å². The molecular formula is C24H24BrN. The molecule has 0 aliphatic rings. The topological polar surface area (TPSA) is 23.8 Å². The molecule has 0 saturated carbocycles. The van der Waals surface area contributed by atoms with Crippen LogP contribution >= 0.6 is 15.9 Å². The number of rotatable bonds is 6. The van der Waals surface area contributed by atoms with Crippen LogP contribution in [-0.2, 0) is 6.42 Å². The first kappa shape index (κ1) is 19.9. The van der Waals surface area contributed by atoms with Gasteiger partial charge in [-0.1, -0.05) is 64.0 Å². The third-order valence-electron chi connectivity index (χ3n) is 4.08. The first-order chi connectivity index (χ1) is 12.5. The molecular weight excluding hydrogens is 382 g/mol. The van der Waals surface area contributed by atoms with Gasteiger partial charge in [-0.2, -0.15) is 5.26 Å². The third-order valence-corrected chi connectivity index (χ3v) is 4.61. The first-order valence-corrected chi connectivity index (χ1v) is 9.58. The summed E-state index contributed by atoms with van der Waals surface area (Å²) in [6.07, 6.45) is 10.4. The minimum atomic E-state index is 0.710. The van der Waals surface area contributed by atoms with Gasteiger partial charge in [-0.05, 0) is 80.1 Å². The van der Waals surface area contributed by atoms with Crippen molar-refractivity contribution in [3.8, 4) is 17.2 Å². The fourth-order valence-electron chi connectivity index (χ4n) is 2.77. The third kappa shape index (κ3) is 5.86. The number of hydrogen-bond donors (Lipinski definition) is 0. The van der Waals surface area contributed by atoms with Gasteiger partial charge in [0, 0.05) is 4.47 Å². The molecule has 26 heavy (non-hydrogen) atoms. The summed E-state index contributed by atoms with van der Waals surface area (Å²) in [7, 11) is 0. The zero-order chi connectivity index (χ0) is 18.9. The van der Waals surface area contributed by atoms with E-state index in [1.807, 2.05) is 19.1 Å². The van der Waals surface area contributed by atoms with Gasteiger partial charge in [-0.15, -0.1) is 0 Å². The second-order valence-electron chi connectivity index (χ2n) is 6.48. The normalized spacial score (nSPS) is 11.4. The Kier molecular flexibility index (Phi) is 7.63. The molecule has 0 aliphatic heterocycles. The largest absolute Gasteiger partial charge is 0.192 e. The van der Waals surface area contributed by atoms with Gasteiger partial charge in [0.2, 0.25) is 0 Å². The van der Waals surface area contributed by atoms with Gasteiger partial charge >= 0.3 is 0 Å². The second-order valence-corrected chi connectivity index (χ2v) is 7.39. The quantitative estimate of drug-likeness (QED) is 0.459. The van der Waals surface area contributed by atoms with Gasteiger partial charge in [0.15, 0.2) is 0 Å². The van der Waals surface area contributed by atoms with E-state index in [4.69, 9.17) is 0 Å². The Bertz CT molecular complexity index is 873. The molecule has 1 nitrogen and oxygen atoms in total. The highest BCUT2D eigenvalue weighted by Gasteiger charge is 2.07. The predicted octanol–water partition coefficient (Wildman–Crippen LogP) is 7.39. The zero-order valence-corrected chi connectivity index (χ0v) is 17.2. The second kappa shape index (κ2) is 9.94. The van der Waals surface area contributed by atoms with E-state index in [0.29, 0.717) is 5.56 Å². The van der Waals surface area contributed by atoms with Crippen LogP contribution in [0.15, 0.2) is 82.4 Å². The Balaban J connectivity index is 2.35. The highest BCUT2D eigenvalue weighted by molar-refractivity contribution is 9.10. The van der Waals surface area contributed by atoms with Crippen LogP contribution in [0.2, 0.25) is 0 Å². The van der Waals surface area contributed by atoms with Gasteiger partial charge in [0.25, 0.3) is 0 Å². The number of hydrogen-bond acceptors (Lipinski definition) is 1. The molecule has 0 bridgehead atoms. The highest BCUT2D eigenvalue weighted by atomic mass is 79.9. The van der Waals surface area contributed by atoms with Crippen LogP contribution in [0.1, 0.15) is 38.3 Å². The van der Waals surface area contributed by atoms with Crippen LogP contribution in [0.25, 0.3) is 11.1 Å². The lowest BCUT2D eigenvalue weighted by atomic mass is 9.93. The van der Waals surface area contributed by atoms with Crippen molar-refractivity contribution in [3.05, 3.63) is 93.5 Å². The fourth-order valence-corrected chi connectivity index (χ4v) is 3.03. The van der Waals surface area contributed by atoms with Crippen LogP contribution in [0.4, 0.5) is 0 Å². The summed E-state index contributed by atoms with van der Waals surface area (Å²) in [4.78, 5) is 0. The van der Waals surface area contributed by atoms with Gasteiger partial charge < -0.3 is 0 Å². The standard InChI is InChI=1S/C24H24BrN/c1-4-5-19(7-6-18(2)3)8-10-22-16-20(17-26)9-15-24(22)21-11-13-23(25)14-12-21/h4-7,9,11-16H,8,10H2,1-3H3/b5-4-,19-7+. The summed E-state index contributed by atoms with van der Waals surface area (Å²) in [6.45, 7) is 6.25. The summed E-state index contributed by atoms with van der Waals surface area (Å²) in [5, 5.41) is 9.28. The van der Waals surface area contributed by atoms with Crippen molar-refractivity contribution in [1.29, 1.82) is 5.26 Å². The number of halogens is 1. The van der Waals surface area contributed by atoms with Crippen LogP contribution in [0.5, 0.6) is 0 Å². The molecule has 0 atom stereocenters. The SMILES string of the molecule is C/C=C\C(=C/C=C(C)C)CCc1cc(C#N)ccc1-c1ccc(Br)cc1. The number of allylic oxidation sites excluding steroid dienone is 6. The molecule has 0 spiro atoms. The molecule has 132 valence electrons. The fraction of sp³-hybridized carbons (Fsp3) is 0.208. The lowest BCUT2D eigenvalue weighted by Crippen LogP contribution is -1.94. The Morgan fingerprint density at radius 3 is 2.42 bits per heavy atom. The van der Waals surface area contributed by atoms with E-state index in [-0.39, 0.29) is 0 Å². The summed E-state index contributed by atoms with van der Waals surface area (Å²) in [5.74, 6) is 0. The summed E-state index contributed by atoms with van der Waals surface area (Å²) < 4.78 is 1.07. The van der Waals surface area contributed by atoms with E-state index in [1.165, 1.54) is 27.8 Å². The predicted molar refractivity (Wildman–Crippen MR) is 115 cm³/mol. The highest BCUT2D eigenvalue weighted by Crippen LogP contribution is 2.28. The maximum Gasteiger partial charge on any atom is 0.0991 e. The lowest BCUT2D eigenvalue weighted by molar-refractivity contribution is 0.965. The average molecular weight is 406 g/mol. The first-order valence-electron chi connectivity index (χ1n) is 8.79. The van der Waals surface area contributed by atoms with Crippen molar-refractivity contribution in [3.63, 3.8) is 0 Å². The molecule has 2 heteroatoms. The molecule has 0 unspecified atom stereocenters. The smallest absolute Gasteiger partial charge is 0.0991 e. The van der Waals surface area contributed by atoms with E-state index in [0.717, 1.165) is 17.3 Å². The zero-order valence-electron chi connectivity index (χ0n) is 15.6. The molecule has 2 aromatic rings. The van der Waals surface area contributed by atoms with Crippen molar-refractivity contribution in [2.75, 3.05) is 0 Å². The van der Waals surface area contributed by atoms with Crippen molar-refractivity contribution >= 4 is 15.9 Å². The monoisotopic (exact) mass is 405 g/mol. The molecule has 0 N–H and O–H groups in total. The van der Waals surface area contributed by atoms with E-state index < -0.39 is 0 Å². The molecule has 2 aromatic carbocycles. The molecule has 2 rings (SSSR count). The lowest BCUT2D eigenvalue weighted by Gasteiger charge is -2.11. The van der Waals surface area contributed by atoms with E-state index in [1.54, 1.807) is 0 Å². The Morgan fingerprint density at radius 1 is 1.08 bits per heavy atom. The molecule has 0 heterocycles. The Morgan fingerprint density at radius 2 is 1.81 bits per heavy atom. The average Bonchev–Trinajstić information content (AvgIpc) is 2.64. The van der Waals surface area contributed by atoms with Gasteiger partial charge in [0.05, 0.1) is 11.6 Å². The molecule has 0 saturated heterocycles. The summed E-state index contributed by atoms with van der Waals surface area (Å²) >= 11 is 3.49. The maximum absolute atomic E-state index is 9.28. The number of nitriles is 1. The Hall–Kier alpha value is -2.37. The summed E-state index contributed by atoms with van der Waals surface area (Å²) in [5.41, 5.74) is 6.86. The van der Waals surface area contributed by atoms with Crippen LogP contribution in [0.3, 0.4) is 0 Å². The number of benzene rings is 2. The van der Waals surface area contributed by atoms with Gasteiger partial charge in [0.1, 0.15) is 0 Å². The van der Waals surface area contributed by atoms with Gasteiger partial charge in [-0.3, -0.25) is 0 Å². The molecule has 0 radical (unpaired) electrons.